The molecule has 0 amide bonds. The highest BCUT2D eigenvalue weighted by atomic mass is 32.1. The van der Waals surface area contributed by atoms with Crippen molar-refractivity contribution in [1.82, 2.24) is 30.1 Å². The number of thiophene rings is 1. The molecule has 0 bridgehead atoms. The summed E-state index contributed by atoms with van der Waals surface area (Å²) in [5.41, 5.74) is 7.46. The molecule has 0 saturated heterocycles. The van der Waals surface area contributed by atoms with Gasteiger partial charge in [0.15, 0.2) is 11.0 Å². The van der Waals surface area contributed by atoms with Crippen molar-refractivity contribution in [1.29, 1.82) is 0 Å². The Balaban J connectivity index is 1.38. The maximum absolute atomic E-state index is 13.7. The van der Waals surface area contributed by atoms with Gasteiger partial charge in [0.2, 0.25) is 0 Å². The molecule has 3 N–H and O–H groups in total. The van der Waals surface area contributed by atoms with Crippen molar-refractivity contribution in [2.75, 3.05) is 5.32 Å². The number of fused-ring (bicyclic) bond motifs is 2. The number of aromatic nitrogens is 6. The van der Waals surface area contributed by atoms with E-state index in [1.807, 2.05) is 30.3 Å². The topological polar surface area (TPSA) is 95.2 Å². The standard InChI is InChI=1S/C28H24FN7S/c1-15(2)9-16(3)32-18-10-17(12-30-13-18)22-11-20-23(14-31-22)35-36-27(20)28-33-21-6-4-5-19(26(21)34-28)24-7-8-25(29)37-24/h4-8,10-15,32H,3,9H2,1-2H3,(H,33,34)(H,35,36). The number of nitrogens with one attached hydrogen (secondary N) is 3. The van der Waals surface area contributed by atoms with Gasteiger partial charge in [-0.25, -0.2) is 4.98 Å². The summed E-state index contributed by atoms with van der Waals surface area (Å²) in [4.78, 5) is 18.1. The molecule has 0 radical (unpaired) electrons. The van der Waals surface area contributed by atoms with Crippen LogP contribution in [-0.4, -0.2) is 30.1 Å². The molecule has 6 aromatic rings. The minimum absolute atomic E-state index is 0.223. The van der Waals surface area contributed by atoms with Crippen LogP contribution in [0.3, 0.4) is 0 Å². The maximum Gasteiger partial charge on any atom is 0.176 e. The number of hydrogen-bond donors (Lipinski definition) is 3. The zero-order chi connectivity index (χ0) is 25.5. The second kappa shape index (κ2) is 9.25. The molecule has 0 spiro atoms. The third kappa shape index (κ3) is 4.49. The number of imidazole rings is 1. The first-order valence-electron chi connectivity index (χ1n) is 11.9. The van der Waals surface area contributed by atoms with Gasteiger partial charge in [0, 0.05) is 33.3 Å². The first-order chi connectivity index (χ1) is 17.9. The summed E-state index contributed by atoms with van der Waals surface area (Å²) in [6.45, 7) is 8.44. The Hall–Kier alpha value is -4.37. The molecular formula is C28H24FN7S. The molecule has 6 rings (SSSR count). The molecule has 0 aliphatic carbocycles. The quantitative estimate of drug-likeness (QED) is 0.208. The van der Waals surface area contributed by atoms with E-state index < -0.39 is 0 Å². The molecule has 0 saturated carbocycles. The van der Waals surface area contributed by atoms with E-state index in [1.165, 1.54) is 6.07 Å². The van der Waals surface area contributed by atoms with Gasteiger partial charge in [-0.2, -0.15) is 9.49 Å². The Morgan fingerprint density at radius 2 is 2.00 bits per heavy atom. The molecular weight excluding hydrogens is 485 g/mol. The van der Waals surface area contributed by atoms with Gasteiger partial charge >= 0.3 is 0 Å². The van der Waals surface area contributed by atoms with Crippen LogP contribution < -0.4 is 5.32 Å². The van der Waals surface area contributed by atoms with E-state index >= 15 is 0 Å². The lowest BCUT2D eigenvalue weighted by Gasteiger charge is -2.12. The largest absolute Gasteiger partial charge is 0.358 e. The third-order valence-electron chi connectivity index (χ3n) is 6.03. The number of H-pyrrole nitrogens is 2. The summed E-state index contributed by atoms with van der Waals surface area (Å²) < 4.78 is 13.7. The van der Waals surface area contributed by atoms with Crippen LogP contribution in [0.25, 0.3) is 55.2 Å². The number of nitrogens with zero attached hydrogens (tertiary/aromatic N) is 4. The summed E-state index contributed by atoms with van der Waals surface area (Å²) >= 11 is 1.10. The first-order valence-corrected chi connectivity index (χ1v) is 12.8. The highest BCUT2D eigenvalue weighted by Gasteiger charge is 2.17. The summed E-state index contributed by atoms with van der Waals surface area (Å²) in [5.74, 6) is 1.14. The zero-order valence-corrected chi connectivity index (χ0v) is 21.2. The fourth-order valence-corrected chi connectivity index (χ4v) is 5.21. The number of anilines is 1. The summed E-state index contributed by atoms with van der Waals surface area (Å²) in [5, 5.41) is 11.6. The van der Waals surface area contributed by atoms with Crippen molar-refractivity contribution in [3.8, 4) is 33.2 Å². The average molecular weight is 510 g/mol. The summed E-state index contributed by atoms with van der Waals surface area (Å²) in [7, 11) is 0. The Morgan fingerprint density at radius 3 is 2.81 bits per heavy atom. The molecule has 0 atom stereocenters. The number of halogens is 1. The zero-order valence-electron chi connectivity index (χ0n) is 20.3. The lowest BCUT2D eigenvalue weighted by Crippen LogP contribution is -2.02. The highest BCUT2D eigenvalue weighted by Crippen LogP contribution is 2.35. The monoisotopic (exact) mass is 509 g/mol. The number of hydrogen-bond acceptors (Lipinski definition) is 6. The molecule has 0 fully saturated rings. The predicted molar refractivity (Wildman–Crippen MR) is 148 cm³/mol. The van der Waals surface area contributed by atoms with Gasteiger partial charge in [-0.05, 0) is 42.7 Å². The van der Waals surface area contributed by atoms with Gasteiger partial charge in [-0.15, -0.1) is 11.3 Å². The van der Waals surface area contributed by atoms with Gasteiger partial charge in [-0.3, -0.25) is 15.1 Å². The van der Waals surface area contributed by atoms with Crippen molar-refractivity contribution in [2.45, 2.75) is 20.3 Å². The van der Waals surface area contributed by atoms with Crippen LogP contribution in [0, 0.1) is 11.0 Å². The van der Waals surface area contributed by atoms with E-state index in [9.17, 15) is 4.39 Å². The Bertz CT molecular complexity index is 1760. The van der Waals surface area contributed by atoms with Crippen molar-refractivity contribution in [3.05, 3.63) is 78.5 Å². The molecule has 1 aromatic carbocycles. The third-order valence-corrected chi connectivity index (χ3v) is 6.94. The lowest BCUT2D eigenvalue weighted by molar-refractivity contribution is 0.645. The molecule has 184 valence electrons. The minimum Gasteiger partial charge on any atom is -0.358 e. The van der Waals surface area contributed by atoms with Crippen molar-refractivity contribution in [2.24, 2.45) is 5.92 Å². The highest BCUT2D eigenvalue weighted by molar-refractivity contribution is 7.14. The van der Waals surface area contributed by atoms with Crippen LogP contribution >= 0.6 is 11.3 Å². The molecule has 9 heteroatoms. The normalized spacial score (nSPS) is 11.6. The van der Waals surface area contributed by atoms with Crippen molar-refractivity contribution < 1.29 is 4.39 Å². The van der Waals surface area contributed by atoms with Crippen LogP contribution in [0.1, 0.15) is 20.3 Å². The number of aromatic amines is 2. The molecule has 5 aromatic heterocycles. The molecule has 37 heavy (non-hydrogen) atoms. The van der Waals surface area contributed by atoms with E-state index in [-0.39, 0.29) is 5.13 Å². The predicted octanol–water partition coefficient (Wildman–Crippen LogP) is 7.40. The summed E-state index contributed by atoms with van der Waals surface area (Å²) in [6, 6.07) is 13.1. The van der Waals surface area contributed by atoms with Gasteiger partial charge in [-0.1, -0.05) is 32.6 Å². The average Bonchev–Trinajstić information content (AvgIpc) is 3.60. The van der Waals surface area contributed by atoms with E-state index in [0.29, 0.717) is 17.4 Å². The lowest BCUT2D eigenvalue weighted by atomic mass is 10.1. The SMILES string of the molecule is C=C(CC(C)C)Nc1cncc(-c2cc3c(-c4nc5c(-c6ccc(F)s6)cccc5[nH]4)n[nH]c3cn2)c1. The Kier molecular flexibility index (Phi) is 5.77. The Labute approximate surface area is 216 Å². The van der Waals surface area contributed by atoms with Crippen LogP contribution in [0.5, 0.6) is 0 Å². The van der Waals surface area contributed by atoms with Crippen LogP contribution in [-0.2, 0) is 0 Å². The fourth-order valence-electron chi connectivity index (χ4n) is 4.45. The van der Waals surface area contributed by atoms with Crippen molar-refractivity contribution >= 4 is 39.0 Å². The number of rotatable bonds is 7. The van der Waals surface area contributed by atoms with Crippen LogP contribution in [0.2, 0.25) is 0 Å². The van der Waals surface area contributed by atoms with Gasteiger partial charge in [0.05, 0.1) is 40.3 Å². The molecule has 0 aliphatic heterocycles. The maximum atomic E-state index is 13.7. The Morgan fingerprint density at radius 1 is 1.11 bits per heavy atom. The number of para-hydroxylation sites is 1. The van der Waals surface area contributed by atoms with E-state index in [2.05, 4.69) is 50.9 Å². The van der Waals surface area contributed by atoms with E-state index in [1.54, 1.807) is 24.7 Å². The molecule has 5 heterocycles. The second-order valence-corrected chi connectivity index (χ2v) is 10.4. The second-order valence-electron chi connectivity index (χ2n) is 9.37. The van der Waals surface area contributed by atoms with Gasteiger partial charge < -0.3 is 10.3 Å². The van der Waals surface area contributed by atoms with Crippen LogP contribution in [0.4, 0.5) is 10.1 Å². The van der Waals surface area contributed by atoms with E-state index in [4.69, 9.17) is 4.98 Å². The smallest absolute Gasteiger partial charge is 0.176 e. The molecule has 7 nitrogen and oxygen atoms in total. The van der Waals surface area contributed by atoms with E-state index in [0.717, 1.165) is 72.8 Å². The minimum atomic E-state index is -0.223. The molecule has 0 unspecified atom stereocenters. The van der Waals surface area contributed by atoms with Gasteiger partial charge in [0.1, 0.15) is 5.69 Å². The number of pyridine rings is 2. The fraction of sp³-hybridized carbons (Fsp3) is 0.143. The number of allylic oxidation sites excluding steroid dienone is 1. The van der Waals surface area contributed by atoms with Crippen molar-refractivity contribution in [3.63, 3.8) is 0 Å². The molecule has 0 aliphatic rings. The summed E-state index contributed by atoms with van der Waals surface area (Å²) in [6.07, 6.45) is 6.22. The first kappa shape index (κ1) is 23.1. The number of benzene rings is 1. The van der Waals surface area contributed by atoms with Gasteiger partial charge in [0.25, 0.3) is 0 Å². The van der Waals surface area contributed by atoms with Crippen LogP contribution in [0.15, 0.2) is 73.3 Å².